The van der Waals surface area contributed by atoms with Crippen LogP contribution in [0, 0.1) is 0 Å². The van der Waals surface area contributed by atoms with Gasteiger partial charge in [0.2, 0.25) is 0 Å². The standard InChI is InChI=1S/C17H20N2O3/c1-17(2,22)12-19(10-13-6-4-3-5-7-13)16(21)15-9-8-14(11-20)18-15/h3-9,11,18,22H,10,12H2,1-2H3. The highest BCUT2D eigenvalue weighted by Crippen LogP contribution is 2.14. The van der Waals surface area contributed by atoms with Crippen LogP contribution in [0.1, 0.15) is 40.4 Å². The Kier molecular flexibility index (Phi) is 4.78. The molecule has 1 heterocycles. The summed E-state index contributed by atoms with van der Waals surface area (Å²) in [7, 11) is 0. The molecule has 0 fully saturated rings. The molecule has 0 saturated heterocycles. The maximum atomic E-state index is 12.6. The SMILES string of the molecule is CC(C)(O)CN(Cc1ccccc1)C(=O)c1ccc(C=O)[nH]1. The number of aldehydes is 1. The van der Waals surface area contributed by atoms with Gasteiger partial charge in [0.1, 0.15) is 5.69 Å². The van der Waals surface area contributed by atoms with E-state index >= 15 is 0 Å². The van der Waals surface area contributed by atoms with Gasteiger partial charge in [-0.15, -0.1) is 0 Å². The lowest BCUT2D eigenvalue weighted by atomic mass is 10.1. The molecule has 1 amide bonds. The first kappa shape index (κ1) is 16.0. The zero-order chi connectivity index (χ0) is 16.2. The van der Waals surface area contributed by atoms with Gasteiger partial charge in [-0.05, 0) is 31.5 Å². The highest BCUT2D eigenvalue weighted by atomic mass is 16.3. The summed E-state index contributed by atoms with van der Waals surface area (Å²) in [5.74, 6) is -0.251. The molecule has 5 heteroatoms. The lowest BCUT2D eigenvalue weighted by molar-refractivity contribution is 0.0277. The first-order valence-corrected chi connectivity index (χ1v) is 7.09. The van der Waals surface area contributed by atoms with E-state index in [1.807, 2.05) is 30.3 Å². The number of nitrogens with one attached hydrogen (secondary N) is 1. The molecule has 0 spiro atoms. The molecule has 0 saturated carbocycles. The molecule has 0 aliphatic rings. The molecule has 1 aromatic heterocycles. The number of amides is 1. The van der Waals surface area contributed by atoms with E-state index in [1.165, 1.54) is 0 Å². The van der Waals surface area contributed by atoms with E-state index in [-0.39, 0.29) is 12.5 Å². The van der Waals surface area contributed by atoms with Gasteiger partial charge in [0, 0.05) is 13.1 Å². The minimum Gasteiger partial charge on any atom is -0.389 e. The first-order chi connectivity index (χ1) is 10.4. The summed E-state index contributed by atoms with van der Waals surface area (Å²) in [6.45, 7) is 3.89. The summed E-state index contributed by atoms with van der Waals surface area (Å²) in [5, 5.41) is 10.1. The Bertz CT molecular complexity index is 641. The second-order valence-corrected chi connectivity index (χ2v) is 5.90. The maximum absolute atomic E-state index is 12.6. The third kappa shape index (κ3) is 4.30. The van der Waals surface area contributed by atoms with Crippen molar-refractivity contribution in [1.29, 1.82) is 0 Å². The molecule has 116 valence electrons. The van der Waals surface area contributed by atoms with Crippen LogP contribution in [0.5, 0.6) is 0 Å². The number of aliphatic hydroxyl groups is 1. The fraction of sp³-hybridized carbons (Fsp3) is 0.294. The number of hydrogen-bond acceptors (Lipinski definition) is 3. The first-order valence-electron chi connectivity index (χ1n) is 7.09. The van der Waals surface area contributed by atoms with Crippen LogP contribution >= 0.6 is 0 Å². The molecule has 0 bridgehead atoms. The number of rotatable bonds is 6. The van der Waals surface area contributed by atoms with Gasteiger partial charge in [-0.25, -0.2) is 0 Å². The molecular weight excluding hydrogens is 280 g/mol. The third-order valence-corrected chi connectivity index (χ3v) is 3.15. The summed E-state index contributed by atoms with van der Waals surface area (Å²) < 4.78 is 0. The Morgan fingerprint density at radius 1 is 1.23 bits per heavy atom. The van der Waals surface area contributed by atoms with Crippen molar-refractivity contribution in [1.82, 2.24) is 9.88 Å². The zero-order valence-electron chi connectivity index (χ0n) is 12.7. The molecule has 0 atom stereocenters. The number of aromatic amines is 1. The molecule has 0 aliphatic heterocycles. The van der Waals surface area contributed by atoms with Crippen molar-refractivity contribution < 1.29 is 14.7 Å². The second-order valence-electron chi connectivity index (χ2n) is 5.90. The van der Waals surface area contributed by atoms with E-state index in [2.05, 4.69) is 4.98 Å². The summed E-state index contributed by atoms with van der Waals surface area (Å²) in [6, 6.07) is 12.7. The smallest absolute Gasteiger partial charge is 0.270 e. The number of aromatic nitrogens is 1. The van der Waals surface area contributed by atoms with Crippen LogP contribution in [-0.4, -0.2) is 39.3 Å². The average Bonchev–Trinajstić information content (AvgIpc) is 2.94. The van der Waals surface area contributed by atoms with E-state index < -0.39 is 5.60 Å². The fourth-order valence-electron chi connectivity index (χ4n) is 2.25. The lowest BCUT2D eigenvalue weighted by Crippen LogP contribution is -2.42. The Hall–Kier alpha value is -2.40. The van der Waals surface area contributed by atoms with Gasteiger partial charge < -0.3 is 15.0 Å². The minimum absolute atomic E-state index is 0.191. The number of carbonyl (C=O) groups is 2. The molecular formula is C17H20N2O3. The summed E-state index contributed by atoms with van der Waals surface area (Å²) >= 11 is 0. The van der Waals surface area contributed by atoms with E-state index in [9.17, 15) is 14.7 Å². The maximum Gasteiger partial charge on any atom is 0.270 e. The summed E-state index contributed by atoms with van der Waals surface area (Å²) in [5.41, 5.74) is 0.653. The molecule has 0 aliphatic carbocycles. The Labute approximate surface area is 129 Å². The predicted molar refractivity (Wildman–Crippen MR) is 83.7 cm³/mol. The Morgan fingerprint density at radius 3 is 2.45 bits per heavy atom. The van der Waals surface area contributed by atoms with Gasteiger partial charge in [-0.2, -0.15) is 0 Å². The number of carbonyl (C=O) groups excluding carboxylic acids is 2. The van der Waals surface area contributed by atoms with E-state index in [0.717, 1.165) is 5.56 Å². The molecule has 1 aromatic carbocycles. The van der Waals surface area contributed by atoms with Crippen molar-refractivity contribution in [3.8, 4) is 0 Å². The van der Waals surface area contributed by atoms with Crippen molar-refractivity contribution in [2.24, 2.45) is 0 Å². The van der Waals surface area contributed by atoms with Crippen molar-refractivity contribution in [3.05, 3.63) is 59.4 Å². The van der Waals surface area contributed by atoms with Crippen LogP contribution in [0.25, 0.3) is 0 Å². The highest BCUT2D eigenvalue weighted by Gasteiger charge is 2.24. The molecule has 22 heavy (non-hydrogen) atoms. The third-order valence-electron chi connectivity index (χ3n) is 3.15. The van der Waals surface area contributed by atoms with Crippen LogP contribution in [0.2, 0.25) is 0 Å². The molecule has 2 aromatic rings. The second kappa shape index (κ2) is 6.58. The van der Waals surface area contributed by atoms with Gasteiger partial charge in [-0.1, -0.05) is 30.3 Å². The summed E-state index contributed by atoms with van der Waals surface area (Å²) in [6.07, 6.45) is 0.661. The largest absolute Gasteiger partial charge is 0.389 e. The van der Waals surface area contributed by atoms with Crippen molar-refractivity contribution in [2.45, 2.75) is 26.0 Å². The Balaban J connectivity index is 2.23. The summed E-state index contributed by atoms with van der Waals surface area (Å²) in [4.78, 5) is 27.7. The quantitative estimate of drug-likeness (QED) is 0.804. The highest BCUT2D eigenvalue weighted by molar-refractivity contribution is 5.93. The lowest BCUT2D eigenvalue weighted by Gasteiger charge is -2.29. The van der Waals surface area contributed by atoms with Crippen LogP contribution in [0.3, 0.4) is 0 Å². The van der Waals surface area contributed by atoms with Gasteiger partial charge in [0.05, 0.1) is 11.3 Å². The number of H-pyrrole nitrogens is 1. The van der Waals surface area contributed by atoms with Crippen LogP contribution in [0.4, 0.5) is 0 Å². The topological polar surface area (TPSA) is 73.4 Å². The predicted octanol–water partition coefficient (Wildman–Crippen LogP) is 2.24. The molecule has 2 rings (SSSR count). The van der Waals surface area contributed by atoms with E-state index in [4.69, 9.17) is 0 Å². The van der Waals surface area contributed by atoms with Gasteiger partial charge in [-0.3, -0.25) is 9.59 Å². The number of hydrogen-bond donors (Lipinski definition) is 2. The van der Waals surface area contributed by atoms with Crippen LogP contribution < -0.4 is 0 Å². The van der Waals surface area contributed by atoms with E-state index in [1.54, 1.807) is 30.9 Å². The molecule has 5 nitrogen and oxygen atoms in total. The monoisotopic (exact) mass is 300 g/mol. The average molecular weight is 300 g/mol. The normalized spacial score (nSPS) is 11.2. The van der Waals surface area contributed by atoms with Crippen LogP contribution in [-0.2, 0) is 6.54 Å². The fourth-order valence-corrected chi connectivity index (χ4v) is 2.25. The molecule has 2 N–H and O–H groups in total. The van der Waals surface area contributed by atoms with Gasteiger partial charge in [0.25, 0.3) is 5.91 Å². The Morgan fingerprint density at radius 2 is 1.91 bits per heavy atom. The van der Waals surface area contributed by atoms with Crippen molar-refractivity contribution in [3.63, 3.8) is 0 Å². The van der Waals surface area contributed by atoms with Crippen molar-refractivity contribution >= 4 is 12.2 Å². The van der Waals surface area contributed by atoms with E-state index in [0.29, 0.717) is 24.2 Å². The zero-order valence-corrected chi connectivity index (χ0v) is 12.7. The molecule has 0 unspecified atom stereocenters. The van der Waals surface area contributed by atoms with Gasteiger partial charge >= 0.3 is 0 Å². The number of nitrogens with zero attached hydrogens (tertiary/aromatic N) is 1. The number of benzene rings is 1. The van der Waals surface area contributed by atoms with Gasteiger partial charge in [0.15, 0.2) is 6.29 Å². The minimum atomic E-state index is -1.01. The van der Waals surface area contributed by atoms with Crippen LogP contribution in [0.15, 0.2) is 42.5 Å². The molecule has 0 radical (unpaired) electrons. The van der Waals surface area contributed by atoms with Crippen molar-refractivity contribution in [2.75, 3.05) is 6.54 Å².